The van der Waals surface area contributed by atoms with E-state index in [1.165, 1.54) is 5.56 Å². The third-order valence-corrected chi connectivity index (χ3v) is 6.51. The molecule has 2 amide bonds. The average Bonchev–Trinajstić information content (AvgIpc) is 3.37. The monoisotopic (exact) mass is 417 g/mol. The maximum absolute atomic E-state index is 12.5. The first kappa shape index (κ1) is 19.8. The highest BCUT2D eigenvalue weighted by atomic mass is 16.3. The van der Waals surface area contributed by atoms with E-state index in [9.17, 15) is 9.90 Å². The topological polar surface area (TPSA) is 82.8 Å². The fourth-order valence-electron chi connectivity index (χ4n) is 4.64. The first-order valence-electron chi connectivity index (χ1n) is 10.9. The summed E-state index contributed by atoms with van der Waals surface area (Å²) in [6, 6.07) is 7.75. The number of aliphatic hydroxyl groups excluding tert-OH is 1. The van der Waals surface area contributed by atoms with Crippen molar-refractivity contribution in [2.45, 2.75) is 32.3 Å². The van der Waals surface area contributed by atoms with Gasteiger partial charge < -0.3 is 15.3 Å². The summed E-state index contributed by atoms with van der Waals surface area (Å²) in [5.74, 6) is 0.398. The van der Waals surface area contributed by atoms with Gasteiger partial charge in [-0.05, 0) is 50.2 Å². The SMILES string of the molecule is Cc1ccc(NC(=O)N2CCC(C(O)CC3C=Cc4cn5nncc5c4=C3)CC2)cc1. The molecule has 0 bridgehead atoms. The van der Waals surface area contributed by atoms with Crippen LogP contribution in [-0.2, 0) is 0 Å². The molecule has 31 heavy (non-hydrogen) atoms. The van der Waals surface area contributed by atoms with Crippen LogP contribution in [0.2, 0.25) is 0 Å². The van der Waals surface area contributed by atoms with Crippen LogP contribution in [0, 0.1) is 18.8 Å². The van der Waals surface area contributed by atoms with E-state index in [0.717, 1.165) is 34.8 Å². The van der Waals surface area contributed by atoms with Crippen molar-refractivity contribution in [1.82, 2.24) is 19.7 Å². The first-order valence-corrected chi connectivity index (χ1v) is 10.9. The second kappa shape index (κ2) is 8.15. The molecule has 3 heterocycles. The summed E-state index contributed by atoms with van der Waals surface area (Å²) < 4.78 is 1.79. The summed E-state index contributed by atoms with van der Waals surface area (Å²) in [6.45, 7) is 3.36. The van der Waals surface area contributed by atoms with Crippen LogP contribution in [0.1, 0.15) is 30.4 Å². The van der Waals surface area contributed by atoms with Gasteiger partial charge in [0.2, 0.25) is 0 Å². The van der Waals surface area contributed by atoms with E-state index in [0.29, 0.717) is 19.5 Å². The van der Waals surface area contributed by atoms with Gasteiger partial charge in [-0.15, -0.1) is 5.10 Å². The Labute approximate surface area is 181 Å². The lowest BCUT2D eigenvalue weighted by molar-refractivity contribution is 0.0588. The molecule has 2 aliphatic rings. The number of anilines is 1. The predicted octanol–water partition coefficient (Wildman–Crippen LogP) is 2.88. The van der Waals surface area contributed by atoms with Crippen molar-refractivity contribution in [3.05, 3.63) is 59.1 Å². The smallest absolute Gasteiger partial charge is 0.321 e. The van der Waals surface area contributed by atoms with Crippen molar-refractivity contribution in [2.24, 2.45) is 11.8 Å². The van der Waals surface area contributed by atoms with Crippen LogP contribution in [0.4, 0.5) is 10.5 Å². The van der Waals surface area contributed by atoms with Gasteiger partial charge in [-0.3, -0.25) is 0 Å². The van der Waals surface area contributed by atoms with Crippen molar-refractivity contribution in [3.63, 3.8) is 0 Å². The molecule has 0 saturated carbocycles. The molecular weight excluding hydrogens is 390 g/mol. The van der Waals surface area contributed by atoms with Crippen molar-refractivity contribution in [3.8, 4) is 0 Å². The van der Waals surface area contributed by atoms with Crippen LogP contribution in [0.5, 0.6) is 0 Å². The zero-order valence-corrected chi connectivity index (χ0v) is 17.6. The molecule has 3 aromatic rings. The second-order valence-corrected chi connectivity index (χ2v) is 8.68. The maximum atomic E-state index is 12.5. The number of piperidine rings is 1. The number of benzene rings is 1. The molecule has 1 fully saturated rings. The van der Waals surface area contributed by atoms with Crippen LogP contribution in [0.15, 0.2) is 42.7 Å². The molecule has 1 aliphatic carbocycles. The van der Waals surface area contributed by atoms with E-state index < -0.39 is 0 Å². The van der Waals surface area contributed by atoms with Gasteiger partial charge >= 0.3 is 6.03 Å². The Morgan fingerprint density at radius 1 is 1.26 bits per heavy atom. The lowest BCUT2D eigenvalue weighted by Gasteiger charge is -2.35. The minimum atomic E-state index is -0.385. The Morgan fingerprint density at radius 3 is 2.81 bits per heavy atom. The Bertz CT molecular complexity index is 1160. The molecule has 1 saturated heterocycles. The molecule has 2 N–H and O–H groups in total. The van der Waals surface area contributed by atoms with Gasteiger partial charge in [0.1, 0.15) is 0 Å². The van der Waals surface area contributed by atoms with Crippen molar-refractivity contribution in [1.29, 1.82) is 0 Å². The molecule has 2 atom stereocenters. The van der Waals surface area contributed by atoms with Crippen LogP contribution < -0.4 is 10.5 Å². The quantitative estimate of drug-likeness (QED) is 0.684. The number of hydrogen-bond donors (Lipinski definition) is 2. The summed E-state index contributed by atoms with van der Waals surface area (Å²) in [5, 5.41) is 23.0. The standard InChI is InChI=1S/C24H27N5O2/c1-16-2-6-20(7-3-16)26-24(31)28-10-8-18(9-11-28)23(30)13-17-4-5-19-15-29-22(14-25-27-29)21(19)12-17/h2-7,12,14-15,17-18,23,30H,8-11,13H2,1H3,(H,26,31). The summed E-state index contributed by atoms with van der Waals surface area (Å²) >= 11 is 0. The normalized spacial score (nSPS) is 19.8. The molecule has 160 valence electrons. The number of carbonyl (C=O) groups is 1. The van der Waals surface area contributed by atoms with Crippen molar-refractivity contribution >= 4 is 29.4 Å². The van der Waals surface area contributed by atoms with Crippen LogP contribution in [0.3, 0.4) is 0 Å². The third-order valence-electron chi connectivity index (χ3n) is 6.51. The van der Waals surface area contributed by atoms with Crippen LogP contribution in [0.25, 0.3) is 17.7 Å². The Morgan fingerprint density at radius 2 is 2.03 bits per heavy atom. The van der Waals surface area contributed by atoms with E-state index in [-0.39, 0.29) is 24.0 Å². The fraction of sp³-hybridized carbons (Fsp3) is 0.375. The molecule has 5 rings (SSSR count). The van der Waals surface area contributed by atoms with E-state index in [1.807, 2.05) is 42.3 Å². The molecule has 1 aliphatic heterocycles. The van der Waals surface area contributed by atoms with Crippen molar-refractivity contribution < 1.29 is 9.90 Å². The van der Waals surface area contributed by atoms with E-state index in [4.69, 9.17) is 0 Å². The van der Waals surface area contributed by atoms with Gasteiger partial charge in [0, 0.05) is 35.8 Å². The molecule has 0 radical (unpaired) electrons. The number of nitrogens with one attached hydrogen (secondary N) is 1. The predicted molar refractivity (Wildman–Crippen MR) is 120 cm³/mol. The van der Waals surface area contributed by atoms with Crippen LogP contribution in [-0.4, -0.2) is 50.1 Å². The fourth-order valence-corrected chi connectivity index (χ4v) is 4.64. The molecule has 0 spiro atoms. The molecule has 7 nitrogen and oxygen atoms in total. The van der Waals surface area contributed by atoms with Gasteiger partial charge in [-0.25, -0.2) is 9.31 Å². The van der Waals surface area contributed by atoms with Gasteiger partial charge in [-0.1, -0.05) is 41.1 Å². The number of allylic oxidation sites excluding steroid dienone is 1. The largest absolute Gasteiger partial charge is 0.393 e. The number of aliphatic hydroxyl groups is 1. The lowest BCUT2D eigenvalue weighted by atomic mass is 9.85. The molecule has 2 unspecified atom stereocenters. The highest BCUT2D eigenvalue weighted by Crippen LogP contribution is 2.27. The zero-order chi connectivity index (χ0) is 21.4. The number of likely N-dealkylation sites (tertiary alicyclic amines) is 1. The second-order valence-electron chi connectivity index (χ2n) is 8.68. The number of hydrogen-bond acceptors (Lipinski definition) is 4. The molecule has 7 heteroatoms. The number of amides is 2. The average molecular weight is 418 g/mol. The number of rotatable bonds is 4. The molecular formula is C24H27N5O2. The first-order chi connectivity index (χ1) is 15.1. The van der Waals surface area contributed by atoms with E-state index in [2.05, 4.69) is 33.9 Å². The van der Waals surface area contributed by atoms with Crippen LogP contribution >= 0.6 is 0 Å². The number of carbonyl (C=O) groups excluding carboxylic acids is 1. The minimum Gasteiger partial charge on any atom is -0.393 e. The van der Waals surface area contributed by atoms with E-state index >= 15 is 0 Å². The third kappa shape index (κ3) is 4.05. The zero-order valence-electron chi connectivity index (χ0n) is 17.6. The Kier molecular flexibility index (Phi) is 5.19. The summed E-state index contributed by atoms with van der Waals surface area (Å²) in [5.41, 5.74) is 4.13. The molecule has 2 aromatic heterocycles. The summed E-state index contributed by atoms with van der Waals surface area (Å²) in [7, 11) is 0. The maximum Gasteiger partial charge on any atom is 0.321 e. The van der Waals surface area contributed by atoms with Gasteiger partial charge in [0.25, 0.3) is 0 Å². The number of nitrogens with zero attached hydrogens (tertiary/aromatic N) is 4. The number of aryl methyl sites for hydroxylation is 1. The highest BCUT2D eigenvalue weighted by molar-refractivity contribution is 5.89. The number of aromatic nitrogens is 3. The highest BCUT2D eigenvalue weighted by Gasteiger charge is 2.28. The Balaban J connectivity index is 1.16. The minimum absolute atomic E-state index is 0.0671. The molecule has 1 aromatic carbocycles. The number of urea groups is 1. The van der Waals surface area contributed by atoms with Crippen molar-refractivity contribution in [2.75, 3.05) is 18.4 Å². The van der Waals surface area contributed by atoms with Gasteiger partial charge in [-0.2, -0.15) is 0 Å². The lowest BCUT2D eigenvalue weighted by Crippen LogP contribution is -2.43. The Hall–Kier alpha value is -3.19. The van der Waals surface area contributed by atoms with Gasteiger partial charge in [0.15, 0.2) is 0 Å². The van der Waals surface area contributed by atoms with Gasteiger partial charge in [0.05, 0.1) is 17.8 Å². The summed E-state index contributed by atoms with van der Waals surface area (Å²) in [4.78, 5) is 14.4. The van der Waals surface area contributed by atoms with E-state index in [1.54, 1.807) is 10.7 Å². The summed E-state index contributed by atoms with van der Waals surface area (Å²) in [6.07, 6.45) is 12.2. The number of fused-ring (bicyclic) bond motifs is 3.